The van der Waals surface area contributed by atoms with E-state index >= 15 is 0 Å². The number of piperazine rings is 1. The molecule has 1 unspecified atom stereocenters. The lowest BCUT2D eigenvalue weighted by molar-refractivity contribution is -0.138. The van der Waals surface area contributed by atoms with Crippen molar-refractivity contribution in [1.29, 1.82) is 0 Å². The predicted octanol–water partition coefficient (Wildman–Crippen LogP) is 2.97. The number of rotatable bonds is 2. The van der Waals surface area contributed by atoms with Gasteiger partial charge in [-0.25, -0.2) is 4.39 Å². The summed E-state index contributed by atoms with van der Waals surface area (Å²) in [7, 11) is 1.60. The molecule has 2 heterocycles. The normalized spacial score (nSPS) is 18.6. The molecule has 7 heteroatoms. The summed E-state index contributed by atoms with van der Waals surface area (Å²) in [4.78, 5) is 16.4. The van der Waals surface area contributed by atoms with Crippen molar-refractivity contribution in [2.75, 3.05) is 32.1 Å². The van der Waals surface area contributed by atoms with Crippen molar-refractivity contribution >= 4 is 28.9 Å². The number of para-hydroxylation sites is 2. The van der Waals surface area contributed by atoms with Crippen LogP contribution in [0.2, 0.25) is 0 Å². The van der Waals surface area contributed by atoms with E-state index in [0.29, 0.717) is 24.0 Å². The predicted molar refractivity (Wildman–Crippen MR) is 105 cm³/mol. The number of hydrogen-bond acceptors (Lipinski definition) is 3. The van der Waals surface area contributed by atoms with E-state index in [2.05, 4.69) is 5.32 Å². The first-order chi connectivity index (χ1) is 13.1. The Labute approximate surface area is 162 Å². The Bertz CT molecular complexity index is 905. The fourth-order valence-corrected chi connectivity index (χ4v) is 4.04. The van der Waals surface area contributed by atoms with Gasteiger partial charge in [0.15, 0.2) is 5.11 Å². The molecule has 1 atom stereocenters. The molecule has 2 aliphatic rings. The van der Waals surface area contributed by atoms with Crippen molar-refractivity contribution in [3.8, 4) is 5.75 Å². The van der Waals surface area contributed by atoms with Crippen molar-refractivity contribution in [3.05, 3.63) is 59.4 Å². The van der Waals surface area contributed by atoms with Crippen LogP contribution in [0, 0.1) is 5.82 Å². The zero-order chi connectivity index (χ0) is 19.0. The number of fused-ring (bicyclic) bond motifs is 3. The van der Waals surface area contributed by atoms with Gasteiger partial charge in [-0.1, -0.05) is 18.2 Å². The smallest absolute Gasteiger partial charge is 0.242 e. The third-order valence-corrected chi connectivity index (χ3v) is 5.50. The van der Waals surface area contributed by atoms with E-state index in [1.165, 1.54) is 6.07 Å². The number of halogens is 1. The van der Waals surface area contributed by atoms with Gasteiger partial charge in [0.1, 0.15) is 11.6 Å². The summed E-state index contributed by atoms with van der Waals surface area (Å²) in [5.74, 6) is 0.398. The van der Waals surface area contributed by atoms with Crippen LogP contribution in [0.4, 0.5) is 10.1 Å². The van der Waals surface area contributed by atoms with Crippen LogP contribution in [0.3, 0.4) is 0 Å². The quantitative estimate of drug-likeness (QED) is 0.806. The number of thiocarbonyl (C=S) groups is 1. The van der Waals surface area contributed by atoms with Crippen LogP contribution in [0.1, 0.15) is 17.2 Å². The molecule has 0 bridgehead atoms. The highest BCUT2D eigenvalue weighted by molar-refractivity contribution is 7.80. The van der Waals surface area contributed by atoms with E-state index in [0.717, 1.165) is 23.2 Å². The van der Waals surface area contributed by atoms with Crippen LogP contribution >= 0.6 is 12.2 Å². The Balaban J connectivity index is 1.57. The molecule has 2 aliphatic heterocycles. The second-order valence-electron chi connectivity index (χ2n) is 6.71. The molecule has 4 rings (SSSR count). The van der Waals surface area contributed by atoms with Crippen LogP contribution < -0.4 is 10.1 Å². The number of nitrogens with one attached hydrogen (secondary N) is 1. The van der Waals surface area contributed by atoms with Crippen molar-refractivity contribution in [2.45, 2.75) is 12.5 Å². The van der Waals surface area contributed by atoms with Crippen molar-refractivity contribution in [2.24, 2.45) is 0 Å². The molecule has 2 aromatic carbocycles. The Morgan fingerprint density at radius 2 is 2.11 bits per heavy atom. The number of ether oxygens (including phenoxy) is 1. The van der Waals surface area contributed by atoms with E-state index in [1.807, 2.05) is 40.1 Å². The van der Waals surface area contributed by atoms with Gasteiger partial charge in [-0.3, -0.25) is 4.79 Å². The molecule has 5 nitrogen and oxygen atoms in total. The van der Waals surface area contributed by atoms with Crippen LogP contribution in [0.15, 0.2) is 42.5 Å². The molecule has 0 aromatic heterocycles. The first-order valence-electron chi connectivity index (χ1n) is 8.83. The fraction of sp³-hybridized carbons (Fsp3) is 0.300. The molecule has 27 heavy (non-hydrogen) atoms. The molecule has 2 aromatic rings. The summed E-state index contributed by atoms with van der Waals surface area (Å²) >= 11 is 5.55. The molecule has 1 N–H and O–H groups in total. The average molecular weight is 385 g/mol. The third kappa shape index (κ3) is 3.35. The summed E-state index contributed by atoms with van der Waals surface area (Å²) in [5.41, 5.74) is 2.71. The van der Waals surface area contributed by atoms with Gasteiger partial charge in [0, 0.05) is 13.1 Å². The number of carbonyl (C=O) groups excluding carboxylic acids is 1. The van der Waals surface area contributed by atoms with E-state index in [4.69, 9.17) is 17.0 Å². The van der Waals surface area contributed by atoms with Crippen molar-refractivity contribution in [3.63, 3.8) is 0 Å². The topological polar surface area (TPSA) is 44.8 Å². The summed E-state index contributed by atoms with van der Waals surface area (Å²) in [5, 5.41) is 3.62. The van der Waals surface area contributed by atoms with Crippen LogP contribution in [0.5, 0.6) is 5.75 Å². The lowest BCUT2D eigenvalue weighted by Gasteiger charge is -2.45. The lowest BCUT2D eigenvalue weighted by atomic mass is 9.90. The van der Waals surface area contributed by atoms with Gasteiger partial charge in [0.25, 0.3) is 0 Å². The van der Waals surface area contributed by atoms with Gasteiger partial charge in [0.2, 0.25) is 5.91 Å². The Kier molecular flexibility index (Phi) is 4.70. The van der Waals surface area contributed by atoms with Gasteiger partial charge in [-0.15, -0.1) is 0 Å². The minimum Gasteiger partial charge on any atom is -0.495 e. The van der Waals surface area contributed by atoms with E-state index in [9.17, 15) is 9.18 Å². The maximum atomic E-state index is 13.8. The maximum absolute atomic E-state index is 13.8. The van der Waals surface area contributed by atoms with Gasteiger partial charge < -0.3 is 19.9 Å². The maximum Gasteiger partial charge on any atom is 0.242 e. The van der Waals surface area contributed by atoms with E-state index in [1.54, 1.807) is 13.2 Å². The highest BCUT2D eigenvalue weighted by atomic mass is 32.1. The number of benzene rings is 2. The molecule has 1 amide bonds. The summed E-state index contributed by atoms with van der Waals surface area (Å²) in [6, 6.07) is 12.1. The molecule has 0 radical (unpaired) electrons. The second-order valence-corrected chi connectivity index (χ2v) is 7.09. The minimum atomic E-state index is -0.283. The SMILES string of the molecule is COc1ccccc1NC(=S)N1CC(=O)N2CCc3ccc(F)cc3C2C1. The average Bonchev–Trinajstić information content (AvgIpc) is 2.68. The molecule has 140 valence electrons. The van der Waals surface area contributed by atoms with Gasteiger partial charge >= 0.3 is 0 Å². The molecular formula is C20H20FN3O2S. The number of methoxy groups -OCH3 is 1. The number of hydrogen-bond donors (Lipinski definition) is 1. The Morgan fingerprint density at radius 1 is 1.30 bits per heavy atom. The molecule has 0 saturated carbocycles. The summed E-state index contributed by atoms with van der Waals surface area (Å²) in [6.45, 7) is 1.40. The lowest BCUT2D eigenvalue weighted by Crippen LogP contribution is -2.56. The zero-order valence-electron chi connectivity index (χ0n) is 14.9. The molecule has 1 fully saturated rings. The van der Waals surface area contributed by atoms with Crippen molar-refractivity contribution < 1.29 is 13.9 Å². The number of carbonyl (C=O) groups is 1. The molecular weight excluding hydrogens is 365 g/mol. The minimum absolute atomic E-state index is 0.00494. The fourth-order valence-electron chi connectivity index (χ4n) is 3.79. The Morgan fingerprint density at radius 3 is 2.93 bits per heavy atom. The highest BCUT2D eigenvalue weighted by Crippen LogP contribution is 2.34. The van der Waals surface area contributed by atoms with Gasteiger partial charge in [-0.2, -0.15) is 0 Å². The van der Waals surface area contributed by atoms with E-state index in [-0.39, 0.29) is 24.3 Å². The number of nitrogens with zero attached hydrogens (tertiary/aromatic N) is 2. The summed E-state index contributed by atoms with van der Waals surface area (Å²) < 4.78 is 19.2. The largest absolute Gasteiger partial charge is 0.495 e. The highest BCUT2D eigenvalue weighted by Gasteiger charge is 2.38. The van der Waals surface area contributed by atoms with Crippen LogP contribution in [-0.2, 0) is 11.2 Å². The standard InChI is InChI=1S/C20H20FN3O2S/c1-26-18-5-3-2-4-16(18)22-20(27)23-11-17-15-10-14(21)7-6-13(15)8-9-24(17)19(25)12-23/h2-7,10,17H,8-9,11-12H2,1H3,(H,22,27). The van der Waals surface area contributed by atoms with Crippen LogP contribution in [0.25, 0.3) is 0 Å². The van der Waals surface area contributed by atoms with Crippen LogP contribution in [-0.4, -0.2) is 47.6 Å². The number of anilines is 1. The Hall–Kier alpha value is -2.67. The molecule has 0 spiro atoms. The summed E-state index contributed by atoms with van der Waals surface area (Å²) in [6.07, 6.45) is 0.752. The van der Waals surface area contributed by atoms with E-state index < -0.39 is 0 Å². The first-order valence-corrected chi connectivity index (χ1v) is 9.24. The van der Waals surface area contributed by atoms with Crippen molar-refractivity contribution in [1.82, 2.24) is 9.80 Å². The molecule has 1 saturated heterocycles. The number of amides is 1. The molecule has 0 aliphatic carbocycles. The van der Waals surface area contributed by atoms with Gasteiger partial charge in [-0.05, 0) is 54.0 Å². The first kappa shape index (κ1) is 17.7. The monoisotopic (exact) mass is 385 g/mol. The van der Waals surface area contributed by atoms with Gasteiger partial charge in [0.05, 0.1) is 25.4 Å². The third-order valence-electron chi connectivity index (χ3n) is 5.14. The zero-order valence-corrected chi connectivity index (χ0v) is 15.8. The second kappa shape index (κ2) is 7.15.